The number of nitrogens with zero attached hydrogens (tertiary/aromatic N) is 1. The number of benzene rings is 1. The van der Waals surface area contributed by atoms with Gasteiger partial charge in [0.1, 0.15) is 5.82 Å². The fourth-order valence-electron chi connectivity index (χ4n) is 4.62. The Morgan fingerprint density at radius 2 is 1.83 bits per heavy atom. The average Bonchev–Trinajstić information content (AvgIpc) is 3.43. The minimum absolute atomic E-state index is 0.0251. The van der Waals surface area contributed by atoms with Crippen molar-refractivity contribution in [2.24, 2.45) is 17.8 Å². The summed E-state index contributed by atoms with van der Waals surface area (Å²) in [6.07, 6.45) is 4.26. The molecule has 0 unspecified atom stereocenters. The van der Waals surface area contributed by atoms with Gasteiger partial charge in [0.05, 0.1) is 18.7 Å². The molecular weight excluding hydrogens is 373 g/mol. The number of anilines is 1. The van der Waals surface area contributed by atoms with E-state index in [1.165, 1.54) is 25.0 Å². The fraction of sp³-hybridized carbons (Fsp3) is 0.636. The molecule has 7 heteroatoms. The van der Waals surface area contributed by atoms with E-state index in [0.29, 0.717) is 17.8 Å². The minimum Gasteiger partial charge on any atom is -0.376 e. The zero-order chi connectivity index (χ0) is 20.4. The molecule has 4 atom stereocenters. The second-order valence-electron chi connectivity index (χ2n) is 8.77. The number of nitrogens with one attached hydrogen (secondary N) is 2. The largest absolute Gasteiger partial charge is 0.376 e. The normalized spacial score (nSPS) is 28.7. The van der Waals surface area contributed by atoms with E-state index in [1.54, 1.807) is 19.1 Å². The van der Waals surface area contributed by atoms with Gasteiger partial charge in [0, 0.05) is 32.3 Å². The monoisotopic (exact) mass is 403 g/mol. The van der Waals surface area contributed by atoms with E-state index in [-0.39, 0.29) is 36.3 Å². The van der Waals surface area contributed by atoms with Gasteiger partial charge in [0.2, 0.25) is 11.8 Å². The summed E-state index contributed by atoms with van der Waals surface area (Å²) in [5.74, 6) is 1.22. The number of ether oxygens (including phenoxy) is 1. The highest BCUT2D eigenvalue weighted by atomic mass is 19.1. The number of carbonyl (C=O) groups is 2. The molecule has 0 radical (unpaired) electrons. The molecule has 1 heterocycles. The van der Waals surface area contributed by atoms with Crippen LogP contribution in [-0.4, -0.2) is 55.1 Å². The maximum absolute atomic E-state index is 13.0. The Hall–Kier alpha value is -2.15. The quantitative estimate of drug-likeness (QED) is 0.734. The molecule has 0 spiro atoms. The number of hydrogen-bond acceptors (Lipinski definition) is 4. The smallest absolute Gasteiger partial charge is 0.241 e. The van der Waals surface area contributed by atoms with Crippen molar-refractivity contribution in [2.75, 3.05) is 31.6 Å². The fourth-order valence-corrected chi connectivity index (χ4v) is 4.62. The summed E-state index contributed by atoms with van der Waals surface area (Å²) >= 11 is 0. The maximum Gasteiger partial charge on any atom is 0.241 e. The number of rotatable bonds is 7. The number of amides is 2. The van der Waals surface area contributed by atoms with Gasteiger partial charge in [0.15, 0.2) is 0 Å². The molecule has 6 nitrogen and oxygen atoms in total. The van der Waals surface area contributed by atoms with Crippen molar-refractivity contribution in [2.45, 2.75) is 44.8 Å². The van der Waals surface area contributed by atoms with Gasteiger partial charge in [-0.3, -0.25) is 9.59 Å². The lowest BCUT2D eigenvalue weighted by Crippen LogP contribution is -2.50. The standard InChI is InChI=1S/C22H30FN3O3/c1-14(27)25-20-8-16-11-26(12-17(16)9-21(20)29-13-15-2-3-15)22(28)10-24-19-6-4-18(23)5-7-19/h4-7,15-17,20-21,24H,2-3,8-13H2,1H3,(H,25,27)/t16-,17+,20-,21-/m1/s1. The number of carbonyl (C=O) groups excluding carboxylic acids is 2. The second kappa shape index (κ2) is 8.69. The summed E-state index contributed by atoms with van der Waals surface area (Å²) in [7, 11) is 0. The molecule has 158 valence electrons. The lowest BCUT2D eigenvalue weighted by Gasteiger charge is -2.38. The molecule has 1 aromatic carbocycles. The molecule has 3 aliphatic rings. The Balaban J connectivity index is 1.31. The summed E-state index contributed by atoms with van der Waals surface area (Å²) in [5, 5.41) is 6.15. The molecule has 1 saturated heterocycles. The molecule has 0 aromatic heterocycles. The molecule has 2 saturated carbocycles. The van der Waals surface area contributed by atoms with Crippen LogP contribution in [0.1, 0.15) is 32.6 Å². The van der Waals surface area contributed by atoms with Crippen molar-refractivity contribution in [3.8, 4) is 0 Å². The van der Waals surface area contributed by atoms with Gasteiger partial charge in [-0.1, -0.05) is 0 Å². The van der Waals surface area contributed by atoms with Gasteiger partial charge < -0.3 is 20.3 Å². The van der Waals surface area contributed by atoms with Crippen LogP contribution in [0.3, 0.4) is 0 Å². The summed E-state index contributed by atoms with van der Waals surface area (Å²) in [5.41, 5.74) is 0.732. The maximum atomic E-state index is 13.0. The average molecular weight is 403 g/mol. The van der Waals surface area contributed by atoms with E-state index in [9.17, 15) is 14.0 Å². The number of halogens is 1. The van der Waals surface area contributed by atoms with Gasteiger partial charge in [-0.15, -0.1) is 0 Å². The Kier molecular flexibility index (Phi) is 6.04. The molecule has 4 rings (SSSR count). The highest BCUT2D eigenvalue weighted by molar-refractivity contribution is 5.81. The predicted octanol–water partition coefficient (Wildman–Crippen LogP) is 2.41. The zero-order valence-electron chi connectivity index (χ0n) is 16.9. The Labute approximate surface area is 171 Å². The van der Waals surface area contributed by atoms with Crippen LogP contribution in [-0.2, 0) is 14.3 Å². The minimum atomic E-state index is -0.294. The lowest BCUT2D eigenvalue weighted by molar-refractivity contribution is -0.128. The third-order valence-electron chi connectivity index (χ3n) is 6.39. The van der Waals surface area contributed by atoms with Crippen molar-refractivity contribution < 1.29 is 18.7 Å². The number of fused-ring (bicyclic) bond motifs is 1. The summed E-state index contributed by atoms with van der Waals surface area (Å²) in [6, 6.07) is 6.04. The van der Waals surface area contributed by atoms with Crippen LogP contribution in [0, 0.1) is 23.6 Å². The Bertz CT molecular complexity index is 737. The third-order valence-corrected chi connectivity index (χ3v) is 6.39. The molecule has 2 amide bonds. The van der Waals surface area contributed by atoms with Crippen molar-refractivity contribution >= 4 is 17.5 Å². The van der Waals surface area contributed by atoms with Crippen molar-refractivity contribution in [1.29, 1.82) is 0 Å². The lowest BCUT2D eigenvalue weighted by atomic mass is 9.77. The van der Waals surface area contributed by atoms with E-state index in [0.717, 1.165) is 38.2 Å². The van der Waals surface area contributed by atoms with Gasteiger partial charge in [0.25, 0.3) is 0 Å². The zero-order valence-corrected chi connectivity index (χ0v) is 16.9. The van der Waals surface area contributed by atoms with Crippen LogP contribution in [0.25, 0.3) is 0 Å². The topological polar surface area (TPSA) is 70.7 Å². The van der Waals surface area contributed by atoms with Gasteiger partial charge in [-0.25, -0.2) is 4.39 Å². The van der Waals surface area contributed by atoms with Crippen molar-refractivity contribution in [3.05, 3.63) is 30.1 Å². The second-order valence-corrected chi connectivity index (χ2v) is 8.77. The molecule has 3 fully saturated rings. The van der Waals surface area contributed by atoms with Gasteiger partial charge in [-0.05, 0) is 67.7 Å². The van der Waals surface area contributed by atoms with Gasteiger partial charge >= 0.3 is 0 Å². The Morgan fingerprint density at radius 1 is 1.14 bits per heavy atom. The molecule has 2 aliphatic carbocycles. The van der Waals surface area contributed by atoms with Crippen LogP contribution in [0.4, 0.5) is 10.1 Å². The third kappa shape index (κ3) is 5.26. The van der Waals surface area contributed by atoms with Gasteiger partial charge in [-0.2, -0.15) is 0 Å². The molecular formula is C22H30FN3O3. The van der Waals surface area contributed by atoms with E-state index in [1.807, 2.05) is 4.90 Å². The van der Waals surface area contributed by atoms with E-state index in [2.05, 4.69) is 10.6 Å². The van der Waals surface area contributed by atoms with E-state index in [4.69, 9.17) is 4.74 Å². The molecule has 1 aromatic rings. The first-order chi connectivity index (χ1) is 14.0. The first-order valence-corrected chi connectivity index (χ1v) is 10.6. The first kappa shape index (κ1) is 20.1. The van der Waals surface area contributed by atoms with E-state index >= 15 is 0 Å². The van der Waals surface area contributed by atoms with Crippen LogP contribution < -0.4 is 10.6 Å². The summed E-state index contributed by atoms with van der Waals surface area (Å²) in [6.45, 7) is 3.99. The number of hydrogen-bond donors (Lipinski definition) is 2. The SMILES string of the molecule is CC(=O)N[C@@H]1C[C@@H]2CN(C(=O)CNc3ccc(F)cc3)C[C@@H]2C[C@H]1OCC1CC1. The highest BCUT2D eigenvalue weighted by Gasteiger charge is 2.44. The Morgan fingerprint density at radius 3 is 2.48 bits per heavy atom. The van der Waals surface area contributed by atoms with Crippen LogP contribution in [0.15, 0.2) is 24.3 Å². The van der Waals surface area contributed by atoms with Crippen LogP contribution >= 0.6 is 0 Å². The van der Waals surface area contributed by atoms with Crippen LogP contribution in [0.2, 0.25) is 0 Å². The molecule has 0 bridgehead atoms. The highest BCUT2D eigenvalue weighted by Crippen LogP contribution is 2.39. The first-order valence-electron chi connectivity index (χ1n) is 10.6. The number of likely N-dealkylation sites (tertiary alicyclic amines) is 1. The molecule has 1 aliphatic heterocycles. The van der Waals surface area contributed by atoms with E-state index < -0.39 is 0 Å². The van der Waals surface area contributed by atoms with Crippen molar-refractivity contribution in [3.63, 3.8) is 0 Å². The molecule has 2 N–H and O–H groups in total. The summed E-state index contributed by atoms with van der Waals surface area (Å²) in [4.78, 5) is 26.2. The molecule has 29 heavy (non-hydrogen) atoms. The predicted molar refractivity (Wildman–Crippen MR) is 108 cm³/mol. The van der Waals surface area contributed by atoms with Crippen molar-refractivity contribution in [1.82, 2.24) is 10.2 Å². The van der Waals surface area contributed by atoms with Crippen LogP contribution in [0.5, 0.6) is 0 Å². The summed E-state index contributed by atoms with van der Waals surface area (Å²) < 4.78 is 19.2.